The summed E-state index contributed by atoms with van der Waals surface area (Å²) in [6, 6.07) is 11.8. The molecule has 0 bridgehead atoms. The van der Waals surface area contributed by atoms with Crippen LogP contribution in [0.2, 0.25) is 10.0 Å². The van der Waals surface area contributed by atoms with Gasteiger partial charge in [-0.25, -0.2) is 4.98 Å². The van der Waals surface area contributed by atoms with Crippen LogP contribution in [0.3, 0.4) is 0 Å². The number of carbonyl (C=O) groups is 1. The van der Waals surface area contributed by atoms with E-state index in [1.807, 2.05) is 13.0 Å². The largest absolute Gasteiger partial charge is 0.325 e. The Morgan fingerprint density at radius 2 is 1.96 bits per heavy atom. The summed E-state index contributed by atoms with van der Waals surface area (Å²) in [7, 11) is 1.79. The highest BCUT2D eigenvalue weighted by atomic mass is 35.5. The second-order valence-electron chi connectivity index (χ2n) is 6.24. The third-order valence-corrected chi connectivity index (χ3v) is 5.02. The second-order valence-corrected chi connectivity index (χ2v) is 7.05. The molecule has 0 aliphatic heterocycles. The van der Waals surface area contributed by atoms with E-state index in [1.54, 1.807) is 48.3 Å². The number of halogens is 2. The van der Waals surface area contributed by atoms with Crippen LogP contribution >= 0.6 is 23.2 Å². The Labute approximate surface area is 166 Å². The van der Waals surface area contributed by atoms with Gasteiger partial charge in [0.15, 0.2) is 0 Å². The average Bonchev–Trinajstić information content (AvgIpc) is 2.64. The summed E-state index contributed by atoms with van der Waals surface area (Å²) in [6.07, 6.45) is 0. The average molecular weight is 405 g/mol. The van der Waals surface area contributed by atoms with Gasteiger partial charge in [-0.3, -0.25) is 14.5 Å². The molecule has 0 spiro atoms. The SMILES string of the molecule is CC(c1nc2ccccc2c(=O)[nH]1)N(C)CC(=O)Nc1ccc(Cl)c(Cl)c1. The number of likely N-dealkylation sites (N-methyl/N-ethyl adjacent to an activating group) is 1. The van der Waals surface area contributed by atoms with E-state index in [2.05, 4.69) is 15.3 Å². The summed E-state index contributed by atoms with van der Waals surface area (Å²) in [5.41, 5.74) is 0.987. The van der Waals surface area contributed by atoms with Crippen molar-refractivity contribution in [3.63, 3.8) is 0 Å². The van der Waals surface area contributed by atoms with Crippen molar-refractivity contribution in [1.82, 2.24) is 14.9 Å². The molecule has 3 rings (SSSR count). The molecule has 3 aromatic rings. The Bertz CT molecular complexity index is 1050. The Kier molecular flexibility index (Phi) is 5.79. The molecule has 2 aromatic carbocycles. The van der Waals surface area contributed by atoms with Crippen molar-refractivity contribution in [2.45, 2.75) is 13.0 Å². The first kappa shape index (κ1) is 19.4. The summed E-state index contributed by atoms with van der Waals surface area (Å²) >= 11 is 11.8. The van der Waals surface area contributed by atoms with E-state index in [0.29, 0.717) is 32.5 Å². The molecule has 1 atom stereocenters. The number of hydrogen-bond acceptors (Lipinski definition) is 4. The van der Waals surface area contributed by atoms with Crippen LogP contribution in [0, 0.1) is 0 Å². The zero-order valence-corrected chi connectivity index (χ0v) is 16.3. The second kappa shape index (κ2) is 8.08. The van der Waals surface area contributed by atoms with Crippen molar-refractivity contribution in [2.24, 2.45) is 0 Å². The van der Waals surface area contributed by atoms with Gasteiger partial charge in [-0.2, -0.15) is 0 Å². The minimum Gasteiger partial charge on any atom is -0.325 e. The van der Waals surface area contributed by atoms with Crippen molar-refractivity contribution < 1.29 is 4.79 Å². The predicted molar refractivity (Wildman–Crippen MR) is 109 cm³/mol. The third-order valence-electron chi connectivity index (χ3n) is 4.28. The lowest BCUT2D eigenvalue weighted by atomic mass is 10.2. The molecule has 27 heavy (non-hydrogen) atoms. The number of aromatic amines is 1. The first-order valence-electron chi connectivity index (χ1n) is 8.29. The molecule has 140 valence electrons. The number of nitrogens with zero attached hydrogens (tertiary/aromatic N) is 2. The summed E-state index contributed by atoms with van der Waals surface area (Å²) < 4.78 is 0. The molecule has 0 aliphatic rings. The Morgan fingerprint density at radius 1 is 1.22 bits per heavy atom. The van der Waals surface area contributed by atoms with E-state index >= 15 is 0 Å². The Morgan fingerprint density at radius 3 is 2.70 bits per heavy atom. The standard InChI is InChI=1S/C19H18Cl2N4O2/c1-11(18-23-16-6-4-3-5-13(16)19(27)24-18)25(2)10-17(26)22-12-7-8-14(20)15(21)9-12/h3-9,11H,10H2,1-2H3,(H,22,26)(H,23,24,27). The first-order chi connectivity index (χ1) is 12.8. The fourth-order valence-corrected chi connectivity index (χ4v) is 2.95. The highest BCUT2D eigenvalue weighted by Crippen LogP contribution is 2.25. The summed E-state index contributed by atoms with van der Waals surface area (Å²) in [5.74, 6) is 0.286. The van der Waals surface area contributed by atoms with Crippen molar-refractivity contribution in [2.75, 3.05) is 18.9 Å². The lowest BCUT2D eigenvalue weighted by Gasteiger charge is -2.23. The Balaban J connectivity index is 1.71. The lowest BCUT2D eigenvalue weighted by Crippen LogP contribution is -2.33. The minimum absolute atomic E-state index is 0.109. The van der Waals surface area contributed by atoms with Crippen LogP contribution in [-0.4, -0.2) is 34.4 Å². The number of benzene rings is 2. The minimum atomic E-state index is -0.262. The van der Waals surface area contributed by atoms with E-state index in [9.17, 15) is 9.59 Å². The summed E-state index contributed by atoms with van der Waals surface area (Å²) in [4.78, 5) is 33.6. The quantitative estimate of drug-likeness (QED) is 0.676. The molecule has 0 saturated carbocycles. The number of anilines is 1. The maximum atomic E-state index is 12.3. The molecule has 0 saturated heterocycles. The molecular formula is C19H18Cl2N4O2. The smallest absolute Gasteiger partial charge is 0.258 e. The molecule has 2 N–H and O–H groups in total. The highest BCUT2D eigenvalue weighted by Gasteiger charge is 2.18. The van der Waals surface area contributed by atoms with Gasteiger partial charge in [0.1, 0.15) is 5.82 Å². The number of hydrogen-bond donors (Lipinski definition) is 2. The predicted octanol–water partition coefficient (Wildman–Crippen LogP) is 3.86. The fourth-order valence-electron chi connectivity index (χ4n) is 2.65. The lowest BCUT2D eigenvalue weighted by molar-refractivity contribution is -0.117. The zero-order chi connectivity index (χ0) is 19.6. The number of H-pyrrole nitrogens is 1. The van der Waals surface area contributed by atoms with Gasteiger partial charge < -0.3 is 10.3 Å². The fraction of sp³-hybridized carbons (Fsp3) is 0.211. The van der Waals surface area contributed by atoms with Gasteiger partial charge in [-0.1, -0.05) is 35.3 Å². The molecule has 1 unspecified atom stereocenters. The van der Waals surface area contributed by atoms with Crippen molar-refractivity contribution in [1.29, 1.82) is 0 Å². The van der Waals surface area contributed by atoms with Gasteiger partial charge in [0, 0.05) is 5.69 Å². The monoisotopic (exact) mass is 404 g/mol. The third kappa shape index (κ3) is 4.47. The van der Waals surface area contributed by atoms with Crippen molar-refractivity contribution in [3.05, 3.63) is 68.7 Å². The van der Waals surface area contributed by atoms with E-state index in [1.165, 1.54) is 0 Å². The Hall–Kier alpha value is -2.41. The molecule has 8 heteroatoms. The number of carbonyl (C=O) groups excluding carboxylic acids is 1. The van der Waals surface area contributed by atoms with Crippen LogP contribution in [0.5, 0.6) is 0 Å². The number of rotatable bonds is 5. The molecule has 1 amide bonds. The van der Waals surface area contributed by atoms with E-state index < -0.39 is 0 Å². The normalized spacial score (nSPS) is 12.3. The zero-order valence-electron chi connectivity index (χ0n) is 14.8. The van der Waals surface area contributed by atoms with Crippen LogP contribution in [0.1, 0.15) is 18.8 Å². The van der Waals surface area contributed by atoms with Gasteiger partial charge in [0.05, 0.1) is 33.5 Å². The molecule has 1 aromatic heterocycles. The number of nitrogens with one attached hydrogen (secondary N) is 2. The van der Waals surface area contributed by atoms with Crippen molar-refractivity contribution in [3.8, 4) is 0 Å². The maximum Gasteiger partial charge on any atom is 0.258 e. The molecule has 0 radical (unpaired) electrons. The number of amides is 1. The van der Waals surface area contributed by atoms with Gasteiger partial charge >= 0.3 is 0 Å². The molecule has 0 aliphatic carbocycles. The molecular weight excluding hydrogens is 387 g/mol. The summed E-state index contributed by atoms with van der Waals surface area (Å²) in [6.45, 7) is 1.98. The van der Waals surface area contributed by atoms with E-state index in [-0.39, 0.29) is 24.1 Å². The van der Waals surface area contributed by atoms with Gasteiger partial charge in [0.25, 0.3) is 5.56 Å². The molecule has 0 fully saturated rings. The molecule has 1 heterocycles. The van der Waals surface area contributed by atoms with Crippen LogP contribution < -0.4 is 10.9 Å². The van der Waals surface area contributed by atoms with Gasteiger partial charge in [0.2, 0.25) is 5.91 Å². The van der Waals surface area contributed by atoms with E-state index in [0.717, 1.165) is 0 Å². The molecule has 6 nitrogen and oxygen atoms in total. The van der Waals surface area contributed by atoms with Gasteiger partial charge in [-0.15, -0.1) is 0 Å². The maximum absolute atomic E-state index is 12.3. The number of fused-ring (bicyclic) bond motifs is 1. The van der Waals surface area contributed by atoms with Crippen molar-refractivity contribution >= 4 is 45.7 Å². The van der Waals surface area contributed by atoms with E-state index in [4.69, 9.17) is 23.2 Å². The summed E-state index contributed by atoms with van der Waals surface area (Å²) in [5, 5.41) is 4.10. The van der Waals surface area contributed by atoms with Crippen LogP contribution in [0.15, 0.2) is 47.3 Å². The highest BCUT2D eigenvalue weighted by molar-refractivity contribution is 6.42. The van der Waals surface area contributed by atoms with Crippen LogP contribution in [0.25, 0.3) is 10.9 Å². The number of aromatic nitrogens is 2. The first-order valence-corrected chi connectivity index (χ1v) is 9.05. The number of para-hydroxylation sites is 1. The van der Waals surface area contributed by atoms with Crippen LogP contribution in [0.4, 0.5) is 5.69 Å². The van der Waals surface area contributed by atoms with Gasteiger partial charge in [-0.05, 0) is 44.3 Å². The topological polar surface area (TPSA) is 78.1 Å². The van der Waals surface area contributed by atoms with Crippen LogP contribution in [-0.2, 0) is 4.79 Å².